The molecule has 1 heterocycles. The van der Waals surface area contributed by atoms with Gasteiger partial charge in [0.05, 0.1) is 12.0 Å². The summed E-state index contributed by atoms with van der Waals surface area (Å²) in [5.41, 5.74) is 7.18. The van der Waals surface area contributed by atoms with Crippen LogP contribution in [0.3, 0.4) is 0 Å². The van der Waals surface area contributed by atoms with Gasteiger partial charge in [0.2, 0.25) is 0 Å². The van der Waals surface area contributed by atoms with Crippen molar-refractivity contribution in [2.24, 2.45) is 28.4 Å². The summed E-state index contributed by atoms with van der Waals surface area (Å²) < 4.78 is 22.7. The number of carbonyl (C=O) groups excluding carboxylic acids is 2. The molecular weight excluding hydrogens is 446 g/mol. The molecule has 1 aliphatic heterocycles. The van der Waals surface area contributed by atoms with E-state index in [0.29, 0.717) is 42.5 Å². The summed E-state index contributed by atoms with van der Waals surface area (Å²) in [6.07, 6.45) is 7.22. The molecule has 1 aromatic carbocycles. The maximum atomic E-state index is 12.9. The lowest BCUT2D eigenvalue weighted by Gasteiger charge is -2.56. The highest BCUT2D eigenvalue weighted by Gasteiger charge is 2.65. The Morgan fingerprint density at radius 2 is 1.86 bits per heavy atom. The number of amides is 1. The molecule has 1 aromatic rings. The minimum Gasteiger partial charge on any atom is -0.487 e. The Morgan fingerprint density at radius 1 is 1.06 bits per heavy atom. The number of rotatable bonds is 5. The highest BCUT2D eigenvalue weighted by molar-refractivity contribution is 5.77. The molecule has 1 spiro atoms. The van der Waals surface area contributed by atoms with E-state index in [-0.39, 0.29) is 22.4 Å². The number of hydrogen-bond acceptors (Lipinski definition) is 6. The van der Waals surface area contributed by atoms with Crippen molar-refractivity contribution in [1.29, 1.82) is 0 Å². The first-order valence-corrected chi connectivity index (χ1v) is 13.1. The van der Waals surface area contributed by atoms with Crippen LogP contribution in [0.15, 0.2) is 12.1 Å². The van der Waals surface area contributed by atoms with Crippen LogP contribution in [0.25, 0.3) is 0 Å². The van der Waals surface area contributed by atoms with Crippen LogP contribution in [0.2, 0.25) is 0 Å². The Morgan fingerprint density at radius 3 is 2.57 bits per heavy atom. The van der Waals surface area contributed by atoms with Gasteiger partial charge in [-0.25, -0.2) is 4.79 Å². The first-order chi connectivity index (χ1) is 16.6. The molecule has 5 atom stereocenters. The van der Waals surface area contributed by atoms with Gasteiger partial charge in [0.1, 0.15) is 12.2 Å². The average molecular weight is 486 g/mol. The lowest BCUT2D eigenvalue weighted by atomic mass is 9.52. The Bertz CT molecular complexity index is 1020. The SMILES string of the molecule is COCCOc1cc2c(cc1OC(N)=O)[C@H]1CC[C@@]3(C)[C@@H](CC[C@@]34CCC(C)(C)C(=O)O4)[C@@H]1CC2. The monoisotopic (exact) mass is 485 g/mol. The summed E-state index contributed by atoms with van der Waals surface area (Å²) in [5, 5.41) is 0. The van der Waals surface area contributed by atoms with Crippen LogP contribution in [0, 0.1) is 22.7 Å². The molecule has 2 N–H and O–H groups in total. The summed E-state index contributed by atoms with van der Waals surface area (Å²) in [4.78, 5) is 24.5. The summed E-state index contributed by atoms with van der Waals surface area (Å²) in [7, 11) is 1.62. The zero-order chi connectivity index (χ0) is 25.0. The highest BCUT2D eigenvalue weighted by Crippen LogP contribution is 2.67. The maximum Gasteiger partial charge on any atom is 0.410 e. The number of aryl methyl sites for hydroxylation is 1. The van der Waals surface area contributed by atoms with Gasteiger partial charge in [-0.3, -0.25) is 4.79 Å². The third-order valence-electron chi connectivity index (χ3n) is 9.83. The third-order valence-corrected chi connectivity index (χ3v) is 9.83. The van der Waals surface area contributed by atoms with Crippen molar-refractivity contribution in [2.45, 2.75) is 83.7 Å². The Labute approximate surface area is 208 Å². The summed E-state index contributed by atoms with van der Waals surface area (Å²) >= 11 is 0. The Balaban J connectivity index is 1.43. The van der Waals surface area contributed by atoms with E-state index in [1.54, 1.807) is 7.11 Å². The minimum atomic E-state index is -0.843. The van der Waals surface area contributed by atoms with Crippen LogP contribution in [-0.2, 0) is 20.7 Å². The molecule has 5 rings (SSSR count). The maximum absolute atomic E-state index is 12.9. The van der Waals surface area contributed by atoms with Gasteiger partial charge in [-0.15, -0.1) is 0 Å². The molecule has 7 nitrogen and oxygen atoms in total. The van der Waals surface area contributed by atoms with Crippen molar-refractivity contribution < 1.29 is 28.5 Å². The zero-order valence-corrected chi connectivity index (χ0v) is 21.5. The molecule has 0 unspecified atom stereocenters. The van der Waals surface area contributed by atoms with E-state index in [1.165, 1.54) is 11.1 Å². The second-order valence-electron chi connectivity index (χ2n) is 11.9. The third kappa shape index (κ3) is 3.90. The van der Waals surface area contributed by atoms with E-state index in [9.17, 15) is 9.59 Å². The van der Waals surface area contributed by atoms with Crippen LogP contribution in [0.4, 0.5) is 4.79 Å². The largest absolute Gasteiger partial charge is 0.487 e. The second-order valence-corrected chi connectivity index (χ2v) is 11.9. The van der Waals surface area contributed by atoms with E-state index < -0.39 is 6.09 Å². The van der Waals surface area contributed by atoms with Crippen LogP contribution in [0.5, 0.6) is 11.5 Å². The van der Waals surface area contributed by atoms with Gasteiger partial charge in [-0.1, -0.05) is 6.92 Å². The molecule has 1 amide bonds. The number of benzene rings is 1. The lowest BCUT2D eigenvalue weighted by Crippen LogP contribution is -2.56. The van der Waals surface area contributed by atoms with Crippen molar-refractivity contribution in [1.82, 2.24) is 0 Å². The topological polar surface area (TPSA) is 97.1 Å². The van der Waals surface area contributed by atoms with Gasteiger partial charge in [-0.2, -0.15) is 0 Å². The van der Waals surface area contributed by atoms with Gasteiger partial charge in [0.25, 0.3) is 0 Å². The fourth-order valence-electron chi connectivity index (χ4n) is 7.77. The van der Waals surface area contributed by atoms with Gasteiger partial charge >= 0.3 is 12.1 Å². The molecule has 192 valence electrons. The number of carbonyl (C=O) groups is 2. The van der Waals surface area contributed by atoms with Gasteiger partial charge in [0, 0.05) is 12.5 Å². The standard InChI is InChI=1S/C28H39NO6/c1-26(2)11-12-28(35-24(26)30)10-8-21-19-6-5-17-15-22(33-14-13-32-4)23(34-25(29)31)16-20(17)18(19)7-9-27(21,28)3/h15-16,18-19,21H,5-14H2,1-4H3,(H2,29,31)/t18-,19+,21-,27-,28+/m0/s1. The summed E-state index contributed by atoms with van der Waals surface area (Å²) in [6.45, 7) is 7.21. The van der Waals surface area contributed by atoms with Crippen molar-refractivity contribution in [3.05, 3.63) is 23.3 Å². The average Bonchev–Trinajstić information content (AvgIpc) is 3.09. The van der Waals surface area contributed by atoms with Gasteiger partial charge in [-0.05, 0) is 106 Å². The number of primary amides is 1. The smallest absolute Gasteiger partial charge is 0.410 e. The molecule has 3 aliphatic carbocycles. The van der Waals surface area contributed by atoms with E-state index >= 15 is 0 Å². The fraction of sp³-hybridized carbons (Fsp3) is 0.714. The van der Waals surface area contributed by atoms with E-state index in [2.05, 4.69) is 6.92 Å². The molecule has 1 saturated heterocycles. The Hall–Kier alpha value is -2.28. The molecule has 3 fully saturated rings. The van der Waals surface area contributed by atoms with E-state index in [0.717, 1.165) is 51.4 Å². The Kier molecular flexibility index (Phi) is 6.06. The van der Waals surface area contributed by atoms with E-state index in [1.807, 2.05) is 26.0 Å². The molecule has 35 heavy (non-hydrogen) atoms. The van der Waals surface area contributed by atoms with Crippen LogP contribution in [0.1, 0.15) is 82.8 Å². The van der Waals surface area contributed by atoms with Crippen molar-refractivity contribution in [3.8, 4) is 11.5 Å². The summed E-state index contributed by atoms with van der Waals surface area (Å²) in [5.74, 6) is 2.32. The number of hydrogen-bond donors (Lipinski definition) is 1. The molecular formula is C28H39NO6. The quantitative estimate of drug-likeness (QED) is 0.459. The fourth-order valence-corrected chi connectivity index (χ4v) is 7.77. The van der Waals surface area contributed by atoms with E-state index in [4.69, 9.17) is 24.7 Å². The molecule has 0 bridgehead atoms. The first kappa shape index (κ1) is 24.4. The number of methoxy groups -OCH3 is 1. The van der Waals surface area contributed by atoms with Crippen molar-refractivity contribution in [2.75, 3.05) is 20.3 Å². The number of nitrogens with two attached hydrogens (primary N) is 1. The first-order valence-electron chi connectivity index (χ1n) is 13.1. The lowest BCUT2D eigenvalue weighted by molar-refractivity contribution is -0.206. The summed E-state index contributed by atoms with van der Waals surface area (Å²) in [6, 6.07) is 4.00. The zero-order valence-electron chi connectivity index (χ0n) is 21.5. The molecule has 0 radical (unpaired) electrons. The molecule has 7 heteroatoms. The van der Waals surface area contributed by atoms with Crippen molar-refractivity contribution >= 4 is 12.1 Å². The normalized spacial score (nSPS) is 35.0. The molecule has 0 aromatic heterocycles. The second kappa shape index (κ2) is 8.68. The van der Waals surface area contributed by atoms with Crippen LogP contribution >= 0.6 is 0 Å². The van der Waals surface area contributed by atoms with Gasteiger partial charge in [0.15, 0.2) is 11.5 Å². The van der Waals surface area contributed by atoms with Crippen LogP contribution < -0.4 is 15.2 Å². The number of ether oxygens (including phenoxy) is 4. The van der Waals surface area contributed by atoms with Gasteiger partial charge < -0.3 is 24.7 Å². The van der Waals surface area contributed by atoms with Crippen LogP contribution in [-0.4, -0.2) is 38.0 Å². The number of fused-ring (bicyclic) bond motifs is 6. The van der Waals surface area contributed by atoms with Crippen molar-refractivity contribution in [3.63, 3.8) is 0 Å². The molecule has 2 saturated carbocycles. The predicted octanol–water partition coefficient (Wildman–Crippen LogP) is 5.13. The number of esters is 1. The predicted molar refractivity (Wildman–Crippen MR) is 130 cm³/mol. The minimum absolute atomic E-state index is 0.00753. The highest BCUT2D eigenvalue weighted by atomic mass is 16.6. The molecule has 4 aliphatic rings.